The molecular weight excluding hydrogens is 406 g/mol. The number of hydrogen-bond donors (Lipinski definition) is 2. The molecule has 2 aromatic carbocycles. The first-order chi connectivity index (χ1) is 13.9. The van der Waals surface area contributed by atoms with E-state index in [-0.39, 0.29) is 17.3 Å². The van der Waals surface area contributed by atoms with E-state index in [2.05, 4.69) is 40.0 Å². The predicted molar refractivity (Wildman–Crippen MR) is 115 cm³/mol. The van der Waals surface area contributed by atoms with Crippen molar-refractivity contribution in [3.8, 4) is 23.6 Å². The third-order valence-electron chi connectivity index (χ3n) is 4.17. The molecule has 0 saturated carbocycles. The van der Waals surface area contributed by atoms with Crippen LogP contribution in [-0.4, -0.2) is 25.9 Å². The third-order valence-corrected chi connectivity index (χ3v) is 6.35. The summed E-state index contributed by atoms with van der Waals surface area (Å²) in [6, 6.07) is 13.7. The fraction of sp³-hybridized carbons (Fsp3) is 0.143. The Morgan fingerprint density at radius 3 is 2.45 bits per heavy atom. The summed E-state index contributed by atoms with van der Waals surface area (Å²) >= 11 is 1.33. The monoisotopic (exact) mass is 425 g/mol. The molecule has 0 saturated heterocycles. The zero-order valence-corrected chi connectivity index (χ0v) is 17.3. The molecule has 1 amide bonds. The number of thiazole rings is 1. The lowest BCUT2D eigenvalue weighted by molar-refractivity contribution is 0.102. The Morgan fingerprint density at radius 2 is 1.83 bits per heavy atom. The van der Waals surface area contributed by atoms with Crippen molar-refractivity contribution in [3.05, 3.63) is 65.0 Å². The van der Waals surface area contributed by atoms with Gasteiger partial charge in [0.15, 0.2) is 5.13 Å². The molecule has 3 rings (SSSR count). The van der Waals surface area contributed by atoms with E-state index in [4.69, 9.17) is 6.42 Å². The molecule has 1 aromatic heterocycles. The number of anilines is 1. The Kier molecular flexibility index (Phi) is 6.44. The van der Waals surface area contributed by atoms with Crippen molar-refractivity contribution < 1.29 is 13.2 Å². The molecular formula is C21H19N3O3S2. The largest absolute Gasteiger partial charge is 0.298 e. The molecule has 0 spiro atoms. The quantitative estimate of drug-likeness (QED) is 0.567. The van der Waals surface area contributed by atoms with E-state index in [1.54, 1.807) is 0 Å². The van der Waals surface area contributed by atoms with Crippen LogP contribution in [0.15, 0.2) is 58.8 Å². The van der Waals surface area contributed by atoms with Crippen LogP contribution in [0.1, 0.15) is 22.8 Å². The predicted octanol–water partition coefficient (Wildman–Crippen LogP) is 3.54. The molecule has 0 unspecified atom stereocenters. The van der Waals surface area contributed by atoms with E-state index in [0.717, 1.165) is 17.7 Å². The standard InChI is InChI=1S/C21H19N3O3S2/c1-3-13-22-29(26,27)18-11-9-17(10-12-18)20(25)24-21-23-19(14-28-21)16-7-5-15(4-2)6-8-16/h1,5-12,14,22H,4,13H2,2H3,(H,23,24,25). The van der Waals surface area contributed by atoms with Crippen molar-refractivity contribution in [3.63, 3.8) is 0 Å². The maximum absolute atomic E-state index is 12.4. The number of hydrogen-bond acceptors (Lipinski definition) is 5. The van der Waals surface area contributed by atoms with Crippen molar-refractivity contribution in [2.75, 3.05) is 11.9 Å². The van der Waals surface area contributed by atoms with Crippen LogP contribution in [0.2, 0.25) is 0 Å². The minimum atomic E-state index is -3.69. The van der Waals surface area contributed by atoms with Gasteiger partial charge in [-0.3, -0.25) is 10.1 Å². The maximum atomic E-state index is 12.4. The van der Waals surface area contributed by atoms with Gasteiger partial charge in [0.1, 0.15) is 0 Å². The molecule has 0 bridgehead atoms. The summed E-state index contributed by atoms with van der Waals surface area (Å²) in [5.41, 5.74) is 3.34. The highest BCUT2D eigenvalue weighted by molar-refractivity contribution is 7.89. The van der Waals surface area contributed by atoms with Crippen LogP contribution >= 0.6 is 11.3 Å². The summed E-state index contributed by atoms with van der Waals surface area (Å²) in [4.78, 5) is 16.9. The van der Waals surface area contributed by atoms with Gasteiger partial charge >= 0.3 is 0 Å². The Morgan fingerprint density at radius 1 is 1.14 bits per heavy atom. The number of benzene rings is 2. The first kappa shape index (κ1) is 20.7. The van der Waals surface area contributed by atoms with Crippen molar-refractivity contribution >= 4 is 32.4 Å². The molecule has 2 N–H and O–H groups in total. The zero-order chi connectivity index (χ0) is 20.9. The van der Waals surface area contributed by atoms with Gasteiger partial charge < -0.3 is 0 Å². The minimum Gasteiger partial charge on any atom is -0.298 e. The van der Waals surface area contributed by atoms with Gasteiger partial charge in [0.25, 0.3) is 5.91 Å². The SMILES string of the molecule is C#CCNS(=O)(=O)c1ccc(C(=O)Nc2nc(-c3ccc(CC)cc3)cs2)cc1. The van der Waals surface area contributed by atoms with Crippen LogP contribution in [0.5, 0.6) is 0 Å². The Labute approximate surface area is 174 Å². The van der Waals surface area contributed by atoms with Gasteiger partial charge in [-0.15, -0.1) is 17.8 Å². The highest BCUT2D eigenvalue weighted by Crippen LogP contribution is 2.25. The minimum absolute atomic E-state index is 0.0383. The first-order valence-corrected chi connectivity index (χ1v) is 11.2. The van der Waals surface area contributed by atoms with Crippen molar-refractivity contribution in [2.45, 2.75) is 18.2 Å². The molecule has 29 heavy (non-hydrogen) atoms. The Hall–Kier alpha value is -2.99. The van der Waals surface area contributed by atoms with E-state index in [9.17, 15) is 13.2 Å². The second-order valence-electron chi connectivity index (χ2n) is 6.10. The topological polar surface area (TPSA) is 88.2 Å². The number of amides is 1. The average molecular weight is 426 g/mol. The van der Waals surface area contributed by atoms with Crippen molar-refractivity contribution in [1.29, 1.82) is 0 Å². The zero-order valence-electron chi connectivity index (χ0n) is 15.7. The fourth-order valence-corrected chi connectivity index (χ4v) is 4.20. The van der Waals surface area contributed by atoms with E-state index < -0.39 is 10.0 Å². The summed E-state index contributed by atoms with van der Waals surface area (Å²) in [5, 5.41) is 5.09. The van der Waals surface area contributed by atoms with E-state index >= 15 is 0 Å². The highest BCUT2D eigenvalue weighted by atomic mass is 32.2. The van der Waals surface area contributed by atoms with Crippen LogP contribution in [0.4, 0.5) is 5.13 Å². The van der Waals surface area contributed by atoms with Crippen LogP contribution in [-0.2, 0) is 16.4 Å². The highest BCUT2D eigenvalue weighted by Gasteiger charge is 2.15. The summed E-state index contributed by atoms with van der Waals surface area (Å²) in [6.07, 6.45) is 6.04. The van der Waals surface area contributed by atoms with Gasteiger partial charge in [-0.1, -0.05) is 37.1 Å². The lowest BCUT2D eigenvalue weighted by Crippen LogP contribution is -2.24. The van der Waals surface area contributed by atoms with Crippen LogP contribution < -0.4 is 10.0 Å². The molecule has 6 nitrogen and oxygen atoms in total. The number of sulfonamides is 1. The summed E-state index contributed by atoms with van der Waals surface area (Å²) in [7, 11) is -3.69. The summed E-state index contributed by atoms with van der Waals surface area (Å²) in [6.45, 7) is 2.00. The van der Waals surface area contributed by atoms with Gasteiger partial charge in [0, 0.05) is 16.5 Å². The number of rotatable bonds is 7. The second kappa shape index (κ2) is 9.01. The van der Waals surface area contributed by atoms with Crippen LogP contribution in [0.3, 0.4) is 0 Å². The van der Waals surface area contributed by atoms with E-state index in [0.29, 0.717) is 10.7 Å². The van der Waals surface area contributed by atoms with E-state index in [1.165, 1.54) is 41.2 Å². The molecule has 0 aliphatic heterocycles. The fourth-order valence-electron chi connectivity index (χ4n) is 2.55. The van der Waals surface area contributed by atoms with E-state index in [1.807, 2.05) is 17.5 Å². The number of carbonyl (C=O) groups is 1. The van der Waals surface area contributed by atoms with Crippen molar-refractivity contribution in [2.24, 2.45) is 0 Å². The molecule has 0 atom stereocenters. The molecule has 148 valence electrons. The van der Waals surface area contributed by atoms with Crippen LogP contribution in [0, 0.1) is 12.3 Å². The Balaban J connectivity index is 1.69. The molecule has 0 radical (unpaired) electrons. The molecule has 0 fully saturated rings. The number of aryl methyl sites for hydroxylation is 1. The number of nitrogens with one attached hydrogen (secondary N) is 2. The number of aromatic nitrogens is 1. The lowest BCUT2D eigenvalue weighted by Gasteiger charge is -2.06. The second-order valence-corrected chi connectivity index (χ2v) is 8.72. The third kappa shape index (κ3) is 5.09. The number of terminal acetylenes is 1. The average Bonchev–Trinajstić information content (AvgIpc) is 3.21. The normalized spacial score (nSPS) is 11.0. The molecule has 0 aliphatic rings. The smallest absolute Gasteiger partial charge is 0.257 e. The molecule has 8 heteroatoms. The summed E-state index contributed by atoms with van der Waals surface area (Å²) < 4.78 is 26.3. The molecule has 0 aliphatic carbocycles. The van der Waals surface area contributed by atoms with Gasteiger partial charge in [0.05, 0.1) is 17.1 Å². The molecule has 3 aromatic rings. The number of nitrogens with zero attached hydrogens (tertiary/aromatic N) is 1. The molecule has 1 heterocycles. The Bertz CT molecular complexity index is 1140. The van der Waals surface area contributed by atoms with Gasteiger partial charge in [-0.2, -0.15) is 4.72 Å². The van der Waals surface area contributed by atoms with Gasteiger partial charge in [-0.25, -0.2) is 13.4 Å². The maximum Gasteiger partial charge on any atom is 0.257 e. The number of carbonyl (C=O) groups excluding carboxylic acids is 1. The van der Waals surface area contributed by atoms with Crippen molar-refractivity contribution in [1.82, 2.24) is 9.71 Å². The van der Waals surface area contributed by atoms with Gasteiger partial charge in [-0.05, 0) is 36.2 Å². The first-order valence-electron chi connectivity index (χ1n) is 8.82. The van der Waals surface area contributed by atoms with Crippen LogP contribution in [0.25, 0.3) is 11.3 Å². The lowest BCUT2D eigenvalue weighted by atomic mass is 10.1. The summed E-state index contributed by atoms with van der Waals surface area (Å²) in [5.74, 6) is 1.84. The van der Waals surface area contributed by atoms with Gasteiger partial charge in [0.2, 0.25) is 10.0 Å².